The molecule has 1 aliphatic rings. The highest BCUT2D eigenvalue weighted by atomic mass is 32.2. The van der Waals surface area contributed by atoms with E-state index in [2.05, 4.69) is 14.3 Å². The molecule has 0 bridgehead atoms. The molecular formula is C14H19N3O2S2. The summed E-state index contributed by atoms with van der Waals surface area (Å²) in [6, 6.07) is 1.72. The molecule has 0 aromatic carbocycles. The third-order valence-corrected chi connectivity index (χ3v) is 6.31. The molecule has 1 N–H and O–H groups in total. The van der Waals surface area contributed by atoms with E-state index in [0.717, 1.165) is 40.7 Å². The molecule has 0 saturated carbocycles. The lowest BCUT2D eigenvalue weighted by Crippen LogP contribution is -2.23. The SMILES string of the molecule is Cc1cc(S(=O)(=O)NCc2cn3c(n2)CCCC3)c(C)s1. The molecule has 1 aliphatic heterocycles. The average Bonchev–Trinajstić information content (AvgIpc) is 2.99. The predicted octanol–water partition coefficient (Wildman–Crippen LogP) is 2.38. The van der Waals surface area contributed by atoms with Crippen molar-refractivity contribution < 1.29 is 8.42 Å². The first-order valence-electron chi connectivity index (χ1n) is 7.07. The van der Waals surface area contributed by atoms with Gasteiger partial charge in [-0.2, -0.15) is 0 Å². The maximum absolute atomic E-state index is 12.3. The van der Waals surface area contributed by atoms with E-state index in [-0.39, 0.29) is 6.54 Å². The van der Waals surface area contributed by atoms with Crippen LogP contribution in [-0.2, 0) is 29.5 Å². The maximum atomic E-state index is 12.3. The lowest BCUT2D eigenvalue weighted by Gasteiger charge is -2.11. The zero-order valence-corrected chi connectivity index (χ0v) is 13.9. The summed E-state index contributed by atoms with van der Waals surface area (Å²) in [5.74, 6) is 1.07. The van der Waals surface area contributed by atoms with E-state index in [9.17, 15) is 8.42 Å². The first-order chi connectivity index (χ1) is 9.95. The van der Waals surface area contributed by atoms with E-state index < -0.39 is 10.0 Å². The van der Waals surface area contributed by atoms with Crippen molar-refractivity contribution in [1.82, 2.24) is 14.3 Å². The van der Waals surface area contributed by atoms with Gasteiger partial charge in [0.1, 0.15) is 5.82 Å². The Kier molecular flexibility index (Phi) is 3.90. The molecule has 114 valence electrons. The molecule has 3 rings (SSSR count). The molecular weight excluding hydrogens is 306 g/mol. The van der Waals surface area contributed by atoms with Crippen molar-refractivity contribution in [2.45, 2.75) is 51.1 Å². The van der Waals surface area contributed by atoms with Crippen LogP contribution in [0.4, 0.5) is 0 Å². The van der Waals surface area contributed by atoms with Crippen molar-refractivity contribution in [3.63, 3.8) is 0 Å². The topological polar surface area (TPSA) is 64.0 Å². The molecule has 0 radical (unpaired) electrons. The Labute approximate surface area is 129 Å². The summed E-state index contributed by atoms with van der Waals surface area (Å²) >= 11 is 1.50. The van der Waals surface area contributed by atoms with Crippen molar-refractivity contribution in [3.8, 4) is 0 Å². The zero-order chi connectivity index (χ0) is 15.0. The average molecular weight is 325 g/mol. The number of fused-ring (bicyclic) bond motifs is 1. The molecule has 21 heavy (non-hydrogen) atoms. The number of aryl methyl sites for hydroxylation is 4. The summed E-state index contributed by atoms with van der Waals surface area (Å²) in [6.07, 6.45) is 5.27. The molecule has 0 aliphatic carbocycles. The van der Waals surface area contributed by atoms with Gasteiger partial charge in [-0.3, -0.25) is 0 Å². The van der Waals surface area contributed by atoms with E-state index in [1.54, 1.807) is 6.07 Å². The van der Waals surface area contributed by atoms with Gasteiger partial charge in [-0.05, 0) is 32.8 Å². The summed E-state index contributed by atoms with van der Waals surface area (Å²) in [5.41, 5.74) is 0.792. The van der Waals surface area contributed by atoms with Gasteiger partial charge in [0, 0.05) is 28.9 Å². The Morgan fingerprint density at radius 2 is 2.19 bits per heavy atom. The minimum atomic E-state index is -3.46. The van der Waals surface area contributed by atoms with Crippen molar-refractivity contribution >= 4 is 21.4 Å². The van der Waals surface area contributed by atoms with Crippen LogP contribution >= 0.6 is 11.3 Å². The molecule has 0 spiro atoms. The number of sulfonamides is 1. The third kappa shape index (κ3) is 3.04. The quantitative estimate of drug-likeness (QED) is 0.938. The molecule has 0 atom stereocenters. The highest BCUT2D eigenvalue weighted by Crippen LogP contribution is 2.25. The summed E-state index contributed by atoms with van der Waals surface area (Å²) in [6.45, 7) is 4.98. The van der Waals surface area contributed by atoms with E-state index >= 15 is 0 Å². The Morgan fingerprint density at radius 3 is 2.86 bits per heavy atom. The van der Waals surface area contributed by atoms with Crippen LogP contribution in [0.5, 0.6) is 0 Å². The molecule has 7 heteroatoms. The van der Waals surface area contributed by atoms with Crippen molar-refractivity contribution in [2.24, 2.45) is 0 Å². The third-order valence-electron chi connectivity index (χ3n) is 3.69. The second-order valence-corrected chi connectivity index (χ2v) is 8.60. The summed E-state index contributed by atoms with van der Waals surface area (Å²) in [4.78, 5) is 6.73. The second-order valence-electron chi connectivity index (χ2n) is 5.40. The minimum absolute atomic E-state index is 0.247. The molecule has 0 unspecified atom stereocenters. The van der Waals surface area contributed by atoms with Crippen LogP contribution in [0.3, 0.4) is 0 Å². The fourth-order valence-electron chi connectivity index (χ4n) is 2.68. The van der Waals surface area contributed by atoms with Crippen LogP contribution in [0.15, 0.2) is 17.2 Å². The number of aromatic nitrogens is 2. The van der Waals surface area contributed by atoms with Crippen LogP contribution in [0.25, 0.3) is 0 Å². The van der Waals surface area contributed by atoms with Crippen LogP contribution in [0, 0.1) is 13.8 Å². The fraction of sp³-hybridized carbons (Fsp3) is 0.500. The lowest BCUT2D eigenvalue weighted by molar-refractivity contribution is 0.522. The number of hydrogen-bond acceptors (Lipinski definition) is 4. The number of rotatable bonds is 4. The predicted molar refractivity (Wildman–Crippen MR) is 83.0 cm³/mol. The number of nitrogens with one attached hydrogen (secondary N) is 1. The van der Waals surface area contributed by atoms with Crippen molar-refractivity contribution in [2.75, 3.05) is 0 Å². The molecule has 0 saturated heterocycles. The molecule has 0 amide bonds. The van der Waals surface area contributed by atoms with Gasteiger partial charge in [0.15, 0.2) is 0 Å². The normalized spacial score (nSPS) is 15.1. The monoisotopic (exact) mass is 325 g/mol. The van der Waals surface area contributed by atoms with Gasteiger partial charge >= 0.3 is 0 Å². The molecule has 3 heterocycles. The smallest absolute Gasteiger partial charge is 0.242 e. The minimum Gasteiger partial charge on any atom is -0.335 e. The summed E-state index contributed by atoms with van der Waals surface area (Å²) in [5, 5.41) is 0. The van der Waals surface area contributed by atoms with Gasteiger partial charge in [0.25, 0.3) is 0 Å². The van der Waals surface area contributed by atoms with Gasteiger partial charge in [-0.25, -0.2) is 18.1 Å². The van der Waals surface area contributed by atoms with Gasteiger partial charge in [0.05, 0.1) is 17.1 Å². The molecule has 2 aromatic heterocycles. The highest BCUT2D eigenvalue weighted by Gasteiger charge is 2.20. The maximum Gasteiger partial charge on any atom is 0.242 e. The standard InChI is InChI=1S/C14H19N3O2S2/c1-10-7-13(11(2)20-10)21(18,19)15-8-12-9-17-6-4-3-5-14(17)16-12/h7,9,15H,3-6,8H2,1-2H3. The highest BCUT2D eigenvalue weighted by molar-refractivity contribution is 7.89. The number of imidazole rings is 1. The van der Waals surface area contributed by atoms with Gasteiger partial charge in [-0.1, -0.05) is 0 Å². The Bertz CT molecular complexity index is 736. The first kappa shape index (κ1) is 14.7. The van der Waals surface area contributed by atoms with E-state index in [4.69, 9.17) is 0 Å². The van der Waals surface area contributed by atoms with Gasteiger partial charge in [-0.15, -0.1) is 11.3 Å². The van der Waals surface area contributed by atoms with Crippen LogP contribution < -0.4 is 4.72 Å². The Balaban J connectivity index is 1.75. The van der Waals surface area contributed by atoms with Gasteiger partial charge < -0.3 is 4.57 Å². The van der Waals surface area contributed by atoms with Crippen LogP contribution in [0.1, 0.15) is 34.1 Å². The van der Waals surface area contributed by atoms with Crippen molar-refractivity contribution in [3.05, 3.63) is 33.5 Å². The number of thiophene rings is 1. The Morgan fingerprint density at radius 1 is 1.38 bits per heavy atom. The molecule has 5 nitrogen and oxygen atoms in total. The van der Waals surface area contributed by atoms with Gasteiger partial charge in [0.2, 0.25) is 10.0 Å². The van der Waals surface area contributed by atoms with E-state index in [1.165, 1.54) is 17.8 Å². The second kappa shape index (κ2) is 5.55. The molecule has 0 fully saturated rings. The fourth-order valence-corrected chi connectivity index (χ4v) is 5.23. The summed E-state index contributed by atoms with van der Waals surface area (Å²) < 4.78 is 29.5. The number of nitrogens with zero attached hydrogens (tertiary/aromatic N) is 2. The van der Waals surface area contributed by atoms with Crippen LogP contribution in [0.2, 0.25) is 0 Å². The first-order valence-corrected chi connectivity index (χ1v) is 9.37. The zero-order valence-electron chi connectivity index (χ0n) is 12.2. The van der Waals surface area contributed by atoms with E-state index in [0.29, 0.717) is 4.90 Å². The van der Waals surface area contributed by atoms with Crippen LogP contribution in [-0.4, -0.2) is 18.0 Å². The largest absolute Gasteiger partial charge is 0.335 e. The van der Waals surface area contributed by atoms with E-state index in [1.807, 2.05) is 20.0 Å². The number of hydrogen-bond donors (Lipinski definition) is 1. The van der Waals surface area contributed by atoms with Crippen molar-refractivity contribution in [1.29, 1.82) is 0 Å². The Hall–Kier alpha value is -1.18. The molecule has 2 aromatic rings. The lowest BCUT2D eigenvalue weighted by atomic mass is 10.2. The summed E-state index contributed by atoms with van der Waals surface area (Å²) in [7, 11) is -3.46.